The third kappa shape index (κ3) is 9.56. The van der Waals surface area contributed by atoms with E-state index in [0.29, 0.717) is 10.9 Å². The maximum atomic E-state index is 12.8. The number of aliphatic hydroxyl groups is 1. The Balaban J connectivity index is 1.62. The number of hydrogen-bond donors (Lipinski definition) is 4. The summed E-state index contributed by atoms with van der Waals surface area (Å²) in [5.74, 6) is 0.251. The van der Waals surface area contributed by atoms with Crippen LogP contribution in [-0.4, -0.2) is 63.8 Å². The van der Waals surface area contributed by atoms with Crippen molar-refractivity contribution in [3.8, 4) is 5.75 Å². The van der Waals surface area contributed by atoms with E-state index < -0.39 is 16.9 Å². The lowest BCUT2D eigenvalue weighted by molar-refractivity contribution is -0.384. The number of nitrogen functional groups attached to an aromatic ring is 1. The van der Waals surface area contributed by atoms with Crippen LogP contribution in [0.4, 0.5) is 11.4 Å². The molecule has 10 nitrogen and oxygen atoms in total. The number of unbranched alkanes of at least 4 members (excludes halogenated alkanes) is 2. The number of amides is 1. The lowest BCUT2D eigenvalue weighted by Crippen LogP contribution is -2.53. The number of thiocarbonyl (C=S) groups is 1. The van der Waals surface area contributed by atoms with Crippen molar-refractivity contribution >= 4 is 45.4 Å². The summed E-state index contributed by atoms with van der Waals surface area (Å²) in [6.07, 6.45) is 2.95. The molecule has 0 saturated heterocycles. The van der Waals surface area contributed by atoms with Gasteiger partial charge in [0.2, 0.25) is 0 Å². The van der Waals surface area contributed by atoms with Crippen LogP contribution in [0.25, 0.3) is 10.8 Å². The van der Waals surface area contributed by atoms with Crippen LogP contribution in [0.3, 0.4) is 0 Å². The Morgan fingerprint density at radius 3 is 2.60 bits per heavy atom. The largest absolute Gasteiger partial charge is 0.490 e. The standard InChI is InChI=1S/C31H41N5O5S/c1-4-5-6-12-25(18-33-30(38)23-15-24(32)17-26(16-23)36(39)40)34-31(42)35(21(2)3)19-27(37)20-41-29-14-9-11-22-10-7-8-13-28(22)29/h7-11,13-17,21,25,27,37H,4-6,12,18-20,32H2,1-3H3,(H,33,38)(H,34,42). The molecule has 2 atom stereocenters. The topological polar surface area (TPSA) is 143 Å². The Kier molecular flexibility index (Phi) is 12.3. The quantitative estimate of drug-likeness (QED) is 0.0625. The average molecular weight is 596 g/mol. The predicted molar refractivity (Wildman–Crippen MR) is 171 cm³/mol. The highest BCUT2D eigenvalue weighted by molar-refractivity contribution is 7.80. The number of nitro groups is 1. The first-order chi connectivity index (χ1) is 20.1. The molecule has 3 aromatic rings. The molecule has 3 aromatic carbocycles. The summed E-state index contributed by atoms with van der Waals surface area (Å²) in [4.78, 5) is 25.4. The minimum atomic E-state index is -0.802. The SMILES string of the molecule is CCCCCC(CNC(=O)c1cc(N)cc([N+](=O)[O-])c1)NC(=S)N(CC(O)COc1cccc2ccccc12)C(C)C. The van der Waals surface area contributed by atoms with E-state index in [1.165, 1.54) is 18.2 Å². The number of anilines is 1. The van der Waals surface area contributed by atoms with E-state index in [1.54, 1.807) is 0 Å². The Bertz CT molecular complexity index is 1360. The summed E-state index contributed by atoms with van der Waals surface area (Å²) in [5.41, 5.74) is 5.79. The molecule has 0 bridgehead atoms. The van der Waals surface area contributed by atoms with Gasteiger partial charge in [-0.3, -0.25) is 14.9 Å². The van der Waals surface area contributed by atoms with Gasteiger partial charge in [-0.2, -0.15) is 0 Å². The number of aliphatic hydroxyl groups excluding tert-OH is 1. The second-order valence-electron chi connectivity index (χ2n) is 10.6. The van der Waals surface area contributed by atoms with Gasteiger partial charge in [0, 0.05) is 53.9 Å². The summed E-state index contributed by atoms with van der Waals surface area (Å²) in [5, 5.41) is 30.8. The normalized spacial score (nSPS) is 12.5. The molecule has 11 heteroatoms. The van der Waals surface area contributed by atoms with E-state index in [2.05, 4.69) is 17.6 Å². The Morgan fingerprint density at radius 1 is 1.14 bits per heavy atom. The van der Waals surface area contributed by atoms with Gasteiger partial charge in [-0.25, -0.2) is 0 Å². The van der Waals surface area contributed by atoms with Crippen molar-refractivity contribution in [3.63, 3.8) is 0 Å². The molecule has 0 spiro atoms. The van der Waals surface area contributed by atoms with Crippen LogP contribution >= 0.6 is 12.2 Å². The van der Waals surface area contributed by atoms with Gasteiger partial charge in [-0.15, -0.1) is 0 Å². The number of hydrogen-bond acceptors (Lipinski definition) is 7. The van der Waals surface area contributed by atoms with Crippen LogP contribution in [0, 0.1) is 10.1 Å². The summed E-state index contributed by atoms with van der Waals surface area (Å²) in [7, 11) is 0. The predicted octanol–water partition coefficient (Wildman–Crippen LogP) is 5.03. The molecule has 226 valence electrons. The number of carbonyl (C=O) groups is 1. The molecule has 3 rings (SSSR count). The molecule has 0 heterocycles. The third-order valence-corrected chi connectivity index (χ3v) is 7.23. The molecular weight excluding hydrogens is 554 g/mol. The molecule has 0 aliphatic heterocycles. The highest BCUT2D eigenvalue weighted by Gasteiger charge is 2.22. The summed E-state index contributed by atoms with van der Waals surface area (Å²) < 4.78 is 5.99. The number of nitrogens with two attached hydrogens (primary N) is 1. The van der Waals surface area contributed by atoms with Gasteiger partial charge in [0.25, 0.3) is 11.6 Å². The van der Waals surface area contributed by atoms with Crippen LogP contribution in [0.2, 0.25) is 0 Å². The summed E-state index contributed by atoms with van der Waals surface area (Å²) in [6, 6.07) is 17.4. The monoisotopic (exact) mass is 595 g/mol. The third-order valence-electron chi connectivity index (χ3n) is 6.88. The minimum absolute atomic E-state index is 0.00377. The number of benzene rings is 3. The zero-order chi connectivity index (χ0) is 30.6. The van der Waals surface area contributed by atoms with Crippen LogP contribution in [0.5, 0.6) is 5.75 Å². The highest BCUT2D eigenvalue weighted by Crippen LogP contribution is 2.25. The number of nitrogens with one attached hydrogen (secondary N) is 2. The molecule has 0 aromatic heterocycles. The molecule has 5 N–H and O–H groups in total. The van der Waals surface area contributed by atoms with Gasteiger partial charge in [-0.05, 0) is 50.0 Å². The molecule has 42 heavy (non-hydrogen) atoms. The van der Waals surface area contributed by atoms with E-state index in [-0.39, 0.29) is 48.7 Å². The lowest BCUT2D eigenvalue weighted by Gasteiger charge is -2.33. The molecule has 0 fully saturated rings. The van der Waals surface area contributed by atoms with Gasteiger partial charge < -0.3 is 31.1 Å². The second kappa shape index (κ2) is 15.9. The van der Waals surface area contributed by atoms with Crippen molar-refractivity contribution in [2.45, 2.75) is 64.6 Å². The number of non-ortho nitro benzene ring substituents is 1. The van der Waals surface area contributed by atoms with Crippen LogP contribution in [-0.2, 0) is 0 Å². The number of rotatable bonds is 15. The maximum absolute atomic E-state index is 12.8. The van der Waals surface area contributed by atoms with Crippen molar-refractivity contribution < 1.29 is 19.6 Å². The van der Waals surface area contributed by atoms with Gasteiger partial charge >= 0.3 is 0 Å². The zero-order valence-corrected chi connectivity index (χ0v) is 25.2. The fourth-order valence-electron chi connectivity index (χ4n) is 4.63. The highest BCUT2D eigenvalue weighted by atomic mass is 32.1. The van der Waals surface area contributed by atoms with Crippen molar-refractivity contribution in [2.24, 2.45) is 0 Å². The van der Waals surface area contributed by atoms with Gasteiger partial charge in [0.05, 0.1) is 4.92 Å². The molecule has 0 saturated carbocycles. The van der Waals surface area contributed by atoms with Gasteiger partial charge in [-0.1, -0.05) is 62.6 Å². The molecule has 2 unspecified atom stereocenters. The van der Waals surface area contributed by atoms with Crippen molar-refractivity contribution in [3.05, 3.63) is 76.3 Å². The zero-order valence-electron chi connectivity index (χ0n) is 24.4. The Hall–Kier alpha value is -3.96. The van der Waals surface area contributed by atoms with Crippen LogP contribution in [0.1, 0.15) is 56.8 Å². The molecule has 0 aliphatic rings. The smallest absolute Gasteiger partial charge is 0.272 e. The van der Waals surface area contributed by atoms with Gasteiger partial charge in [0.1, 0.15) is 18.5 Å². The fraction of sp³-hybridized carbons (Fsp3) is 0.419. The van der Waals surface area contributed by atoms with Crippen LogP contribution < -0.4 is 21.1 Å². The van der Waals surface area contributed by atoms with Crippen molar-refractivity contribution in [1.82, 2.24) is 15.5 Å². The Labute approximate surface area is 252 Å². The molecule has 0 aliphatic carbocycles. The Morgan fingerprint density at radius 2 is 1.88 bits per heavy atom. The number of nitro benzene ring substituents is 1. The van der Waals surface area contributed by atoms with Crippen LogP contribution in [0.15, 0.2) is 60.7 Å². The second-order valence-corrected chi connectivity index (χ2v) is 11.0. The first-order valence-corrected chi connectivity index (χ1v) is 14.7. The average Bonchev–Trinajstić information content (AvgIpc) is 2.96. The summed E-state index contributed by atoms with van der Waals surface area (Å²) in [6.45, 7) is 6.71. The molecule has 0 radical (unpaired) electrons. The van der Waals surface area contributed by atoms with E-state index >= 15 is 0 Å². The van der Waals surface area contributed by atoms with Crippen molar-refractivity contribution in [1.29, 1.82) is 0 Å². The minimum Gasteiger partial charge on any atom is -0.490 e. The maximum Gasteiger partial charge on any atom is 0.272 e. The van der Waals surface area contributed by atoms with Crippen molar-refractivity contribution in [2.75, 3.05) is 25.4 Å². The fourth-order valence-corrected chi connectivity index (χ4v) is 5.08. The van der Waals surface area contributed by atoms with Gasteiger partial charge in [0.15, 0.2) is 5.11 Å². The number of ether oxygens (including phenoxy) is 1. The summed E-state index contributed by atoms with van der Waals surface area (Å²) >= 11 is 5.76. The van der Waals surface area contributed by atoms with E-state index in [0.717, 1.165) is 36.5 Å². The van der Waals surface area contributed by atoms with E-state index in [9.17, 15) is 20.0 Å². The lowest BCUT2D eigenvalue weighted by atomic mass is 10.1. The van der Waals surface area contributed by atoms with E-state index in [4.69, 9.17) is 22.7 Å². The first-order valence-electron chi connectivity index (χ1n) is 14.3. The first kappa shape index (κ1) is 32.6. The number of nitrogens with zero attached hydrogens (tertiary/aromatic N) is 2. The number of carbonyl (C=O) groups excluding carboxylic acids is 1. The molecular formula is C31H41N5O5S. The molecule has 1 amide bonds. The number of fused-ring (bicyclic) bond motifs is 1. The van der Waals surface area contributed by atoms with E-state index in [1.807, 2.05) is 61.2 Å².